The Morgan fingerprint density at radius 3 is 2.67 bits per heavy atom. The maximum Gasteiger partial charge on any atom is 0.220 e. The Morgan fingerprint density at radius 2 is 1.95 bits per heavy atom. The maximum absolute atomic E-state index is 12.4. The van der Waals surface area contributed by atoms with Crippen LogP contribution in [0, 0.1) is 35.5 Å². The predicted octanol–water partition coefficient (Wildman–Crippen LogP) is 2.94. The maximum atomic E-state index is 12.4. The average Bonchev–Trinajstić information content (AvgIpc) is 3.08. The molecule has 6 atom stereocenters. The van der Waals surface area contributed by atoms with Crippen LogP contribution in [0.2, 0.25) is 0 Å². The Balaban J connectivity index is 1.50. The molecule has 3 aliphatic rings. The first-order chi connectivity index (χ1) is 10.1. The number of fused-ring (bicyclic) bond motifs is 5. The third-order valence-corrected chi connectivity index (χ3v) is 6.39. The molecule has 0 spiro atoms. The summed E-state index contributed by atoms with van der Waals surface area (Å²) in [5, 5.41) is 3.37. The Labute approximate surface area is 129 Å². The number of nitrogens with one attached hydrogen (secondary N) is 1. The van der Waals surface area contributed by atoms with Crippen LogP contribution in [-0.4, -0.2) is 18.5 Å². The van der Waals surface area contributed by atoms with E-state index in [2.05, 4.69) is 19.2 Å². The Morgan fingerprint density at radius 1 is 1.19 bits per heavy atom. The van der Waals surface area contributed by atoms with Gasteiger partial charge in [-0.1, -0.05) is 20.3 Å². The van der Waals surface area contributed by atoms with Crippen molar-refractivity contribution < 1.29 is 4.79 Å². The zero-order chi connectivity index (χ0) is 15.0. The van der Waals surface area contributed by atoms with Crippen LogP contribution in [0.1, 0.15) is 58.8 Å². The van der Waals surface area contributed by atoms with Crippen LogP contribution >= 0.6 is 0 Å². The molecule has 3 saturated carbocycles. The lowest BCUT2D eigenvalue weighted by atomic mass is 9.79. The smallest absolute Gasteiger partial charge is 0.220 e. The number of amides is 1. The molecule has 0 radical (unpaired) electrons. The summed E-state index contributed by atoms with van der Waals surface area (Å²) in [4.78, 5) is 12.4. The van der Waals surface area contributed by atoms with Crippen molar-refractivity contribution in [3.63, 3.8) is 0 Å². The minimum atomic E-state index is 0.248. The first kappa shape index (κ1) is 15.3. The highest BCUT2D eigenvalue weighted by Crippen LogP contribution is 2.58. The number of hydrogen-bond acceptors (Lipinski definition) is 2. The van der Waals surface area contributed by atoms with Gasteiger partial charge in [-0.05, 0) is 74.2 Å². The molecular weight excluding hydrogens is 260 g/mol. The Kier molecular flexibility index (Phi) is 4.58. The molecule has 3 aliphatic carbocycles. The number of nitrogens with two attached hydrogens (primary N) is 1. The van der Waals surface area contributed by atoms with E-state index in [9.17, 15) is 4.79 Å². The van der Waals surface area contributed by atoms with Gasteiger partial charge in [0.05, 0.1) is 0 Å². The van der Waals surface area contributed by atoms with Crippen molar-refractivity contribution >= 4 is 5.91 Å². The zero-order valence-electron chi connectivity index (χ0n) is 13.7. The molecule has 3 rings (SSSR count). The van der Waals surface area contributed by atoms with Crippen molar-refractivity contribution in [1.29, 1.82) is 0 Å². The van der Waals surface area contributed by atoms with E-state index < -0.39 is 0 Å². The molecule has 3 fully saturated rings. The van der Waals surface area contributed by atoms with Gasteiger partial charge in [0.1, 0.15) is 0 Å². The lowest BCUT2D eigenvalue weighted by Gasteiger charge is -2.32. The lowest BCUT2D eigenvalue weighted by Crippen LogP contribution is -2.43. The Hall–Kier alpha value is -0.570. The minimum absolute atomic E-state index is 0.248. The van der Waals surface area contributed by atoms with E-state index in [1.54, 1.807) is 0 Å². The molecule has 0 heterocycles. The van der Waals surface area contributed by atoms with Gasteiger partial charge < -0.3 is 11.1 Å². The van der Waals surface area contributed by atoms with Crippen LogP contribution < -0.4 is 11.1 Å². The van der Waals surface area contributed by atoms with Gasteiger partial charge in [0.2, 0.25) is 5.91 Å². The van der Waals surface area contributed by atoms with Crippen LogP contribution in [0.3, 0.4) is 0 Å². The van der Waals surface area contributed by atoms with Crippen LogP contribution in [0.4, 0.5) is 0 Å². The number of hydrogen-bond donors (Lipinski definition) is 2. The molecule has 0 aromatic rings. The first-order valence-corrected chi connectivity index (χ1v) is 9.08. The highest BCUT2D eigenvalue weighted by molar-refractivity contribution is 5.76. The largest absolute Gasteiger partial charge is 0.353 e. The summed E-state index contributed by atoms with van der Waals surface area (Å²) in [5.41, 5.74) is 5.83. The summed E-state index contributed by atoms with van der Waals surface area (Å²) in [6, 6.07) is 0.472. The molecule has 0 aliphatic heterocycles. The van der Waals surface area contributed by atoms with E-state index in [0.29, 0.717) is 30.8 Å². The molecule has 0 aromatic heterocycles. The van der Waals surface area contributed by atoms with E-state index >= 15 is 0 Å². The monoisotopic (exact) mass is 292 g/mol. The van der Waals surface area contributed by atoms with E-state index in [-0.39, 0.29) is 5.91 Å². The summed E-state index contributed by atoms with van der Waals surface area (Å²) in [7, 11) is 0. The quantitative estimate of drug-likeness (QED) is 0.791. The summed E-state index contributed by atoms with van der Waals surface area (Å²) in [6.07, 6.45) is 8.60. The molecule has 21 heavy (non-hydrogen) atoms. The van der Waals surface area contributed by atoms with E-state index in [1.807, 2.05) is 0 Å². The zero-order valence-corrected chi connectivity index (χ0v) is 13.7. The second-order valence-electron chi connectivity index (χ2n) is 8.26. The van der Waals surface area contributed by atoms with Crippen molar-refractivity contribution in [2.24, 2.45) is 41.2 Å². The standard InChI is InChI=1S/C18H32N2O/c1-11(2)6-12(10-19)7-18(21)20-17-9-13-8-16(17)15-5-3-4-14(13)15/h11-17H,3-10,19H2,1-2H3,(H,20,21)/t12-,13?,14?,15?,16?,17?/m0/s1. The molecule has 3 heteroatoms. The van der Waals surface area contributed by atoms with E-state index in [0.717, 1.165) is 30.1 Å². The summed E-state index contributed by atoms with van der Waals surface area (Å²) >= 11 is 0. The fourth-order valence-corrected chi connectivity index (χ4v) is 5.69. The molecule has 0 saturated heterocycles. The van der Waals surface area contributed by atoms with Gasteiger partial charge in [-0.2, -0.15) is 0 Å². The van der Waals surface area contributed by atoms with Gasteiger partial charge in [0.15, 0.2) is 0 Å². The van der Waals surface area contributed by atoms with Crippen molar-refractivity contribution in [2.45, 2.75) is 64.8 Å². The topological polar surface area (TPSA) is 55.1 Å². The SMILES string of the molecule is CC(C)C[C@H](CN)CC(=O)NC1CC2CC1C1CCCC21. The normalized spacial score (nSPS) is 38.8. The van der Waals surface area contributed by atoms with Crippen molar-refractivity contribution in [3.8, 4) is 0 Å². The van der Waals surface area contributed by atoms with Crippen LogP contribution in [0.15, 0.2) is 0 Å². The minimum Gasteiger partial charge on any atom is -0.353 e. The second kappa shape index (κ2) is 6.28. The molecule has 5 unspecified atom stereocenters. The number of carbonyl (C=O) groups is 1. The molecule has 3 N–H and O–H groups in total. The van der Waals surface area contributed by atoms with Crippen LogP contribution in [-0.2, 0) is 4.79 Å². The molecule has 120 valence electrons. The summed E-state index contributed by atoms with van der Waals surface area (Å²) in [5.74, 6) is 4.84. The fourth-order valence-electron chi connectivity index (χ4n) is 5.69. The Bertz CT molecular complexity index is 381. The third kappa shape index (κ3) is 3.13. The van der Waals surface area contributed by atoms with Gasteiger partial charge >= 0.3 is 0 Å². The average molecular weight is 292 g/mol. The fraction of sp³-hybridized carbons (Fsp3) is 0.944. The van der Waals surface area contributed by atoms with Crippen LogP contribution in [0.5, 0.6) is 0 Å². The van der Waals surface area contributed by atoms with Gasteiger partial charge in [-0.3, -0.25) is 4.79 Å². The number of rotatable bonds is 6. The molecular formula is C18H32N2O. The number of carbonyl (C=O) groups excluding carboxylic acids is 1. The summed E-state index contributed by atoms with van der Waals surface area (Å²) < 4.78 is 0. The van der Waals surface area contributed by atoms with Crippen LogP contribution in [0.25, 0.3) is 0 Å². The van der Waals surface area contributed by atoms with Crippen molar-refractivity contribution in [2.75, 3.05) is 6.54 Å². The van der Waals surface area contributed by atoms with Gasteiger partial charge in [-0.15, -0.1) is 0 Å². The predicted molar refractivity (Wildman–Crippen MR) is 85.6 cm³/mol. The van der Waals surface area contributed by atoms with Gasteiger partial charge in [0, 0.05) is 12.5 Å². The lowest BCUT2D eigenvalue weighted by molar-refractivity contribution is -0.123. The van der Waals surface area contributed by atoms with Crippen molar-refractivity contribution in [3.05, 3.63) is 0 Å². The van der Waals surface area contributed by atoms with Crippen molar-refractivity contribution in [1.82, 2.24) is 5.32 Å². The summed E-state index contributed by atoms with van der Waals surface area (Å²) in [6.45, 7) is 5.04. The van der Waals surface area contributed by atoms with E-state index in [1.165, 1.54) is 32.1 Å². The molecule has 1 amide bonds. The molecule has 0 aromatic carbocycles. The molecule has 3 nitrogen and oxygen atoms in total. The van der Waals surface area contributed by atoms with Gasteiger partial charge in [-0.25, -0.2) is 0 Å². The molecule has 2 bridgehead atoms. The highest BCUT2D eigenvalue weighted by Gasteiger charge is 2.53. The van der Waals surface area contributed by atoms with E-state index in [4.69, 9.17) is 5.73 Å². The highest BCUT2D eigenvalue weighted by atomic mass is 16.1. The van der Waals surface area contributed by atoms with Gasteiger partial charge in [0.25, 0.3) is 0 Å². The second-order valence-corrected chi connectivity index (χ2v) is 8.26. The third-order valence-electron chi connectivity index (χ3n) is 6.39. The first-order valence-electron chi connectivity index (χ1n) is 9.08.